The zero-order valence-electron chi connectivity index (χ0n) is 10.4. The molecular weight excluding hydrogens is 202 g/mol. The van der Waals surface area contributed by atoms with E-state index in [2.05, 4.69) is 24.4 Å². The lowest BCUT2D eigenvalue weighted by Gasteiger charge is -2.03. The molecule has 1 aliphatic carbocycles. The van der Waals surface area contributed by atoms with Gasteiger partial charge in [-0.25, -0.2) is 4.79 Å². The number of carbonyl (C=O) groups excluding carboxylic acids is 1. The Morgan fingerprint density at radius 3 is 2.88 bits per heavy atom. The Hall–Kier alpha value is -0.990. The van der Waals surface area contributed by atoms with Gasteiger partial charge in [-0.1, -0.05) is 19.1 Å². The van der Waals surface area contributed by atoms with Crippen LogP contribution in [-0.4, -0.2) is 19.2 Å². The number of nitrogens with one attached hydrogen (secondary N) is 1. The first-order valence-corrected chi connectivity index (χ1v) is 6.33. The Morgan fingerprint density at radius 1 is 1.38 bits per heavy atom. The van der Waals surface area contributed by atoms with Crippen LogP contribution < -0.4 is 5.32 Å². The molecule has 0 bridgehead atoms. The third-order valence-electron chi connectivity index (χ3n) is 2.96. The summed E-state index contributed by atoms with van der Waals surface area (Å²) in [5.41, 5.74) is 0. The molecule has 0 aromatic heterocycles. The van der Waals surface area contributed by atoms with Crippen LogP contribution in [0.4, 0.5) is 4.79 Å². The zero-order valence-corrected chi connectivity index (χ0v) is 10.4. The van der Waals surface area contributed by atoms with Gasteiger partial charge in [0.1, 0.15) is 0 Å². The Labute approximate surface area is 98.2 Å². The minimum Gasteiger partial charge on any atom is -0.450 e. The highest BCUT2D eigenvalue weighted by molar-refractivity contribution is 5.67. The van der Waals surface area contributed by atoms with Crippen molar-refractivity contribution in [2.45, 2.75) is 39.5 Å². The van der Waals surface area contributed by atoms with Gasteiger partial charge in [-0.2, -0.15) is 0 Å². The lowest BCUT2D eigenvalue weighted by Crippen LogP contribution is -2.26. The van der Waals surface area contributed by atoms with Gasteiger partial charge >= 0.3 is 6.09 Å². The van der Waals surface area contributed by atoms with Crippen molar-refractivity contribution in [3.8, 4) is 0 Å². The molecule has 0 saturated heterocycles. The maximum Gasteiger partial charge on any atom is 0.407 e. The van der Waals surface area contributed by atoms with E-state index in [-0.39, 0.29) is 6.09 Å². The lowest BCUT2D eigenvalue weighted by molar-refractivity contribution is 0.151. The molecule has 2 atom stereocenters. The van der Waals surface area contributed by atoms with Crippen LogP contribution in [0.25, 0.3) is 0 Å². The van der Waals surface area contributed by atoms with E-state index in [1.807, 2.05) is 6.92 Å². The van der Waals surface area contributed by atoms with Gasteiger partial charge in [0.25, 0.3) is 0 Å². The number of amides is 1. The summed E-state index contributed by atoms with van der Waals surface area (Å²) in [6.07, 6.45) is 9.01. The van der Waals surface area contributed by atoms with Gasteiger partial charge in [0.05, 0.1) is 6.61 Å². The van der Waals surface area contributed by atoms with Gasteiger partial charge < -0.3 is 10.1 Å². The number of carbonyl (C=O) groups is 1. The average molecular weight is 225 g/mol. The Morgan fingerprint density at radius 2 is 2.19 bits per heavy atom. The number of ether oxygens (including phenoxy) is 1. The standard InChI is InChI=1S/C13H23NO2/c1-3-5-6-7-8-11-9-12(11)10-14-13(15)16-4-2/h5-6,11-12H,3-4,7-10H2,1-2H3,(H,14,15). The van der Waals surface area contributed by atoms with Gasteiger partial charge in [-0.15, -0.1) is 0 Å². The molecule has 3 nitrogen and oxygen atoms in total. The summed E-state index contributed by atoms with van der Waals surface area (Å²) in [6, 6.07) is 0. The van der Waals surface area contributed by atoms with Gasteiger partial charge in [-0.05, 0) is 44.4 Å². The summed E-state index contributed by atoms with van der Waals surface area (Å²) in [5.74, 6) is 1.49. The number of rotatable bonds is 7. The molecule has 0 heterocycles. The van der Waals surface area contributed by atoms with Crippen molar-refractivity contribution in [3.05, 3.63) is 12.2 Å². The molecule has 0 aromatic rings. The fourth-order valence-electron chi connectivity index (χ4n) is 1.91. The Kier molecular flexibility index (Phi) is 5.98. The van der Waals surface area contributed by atoms with E-state index >= 15 is 0 Å². The summed E-state index contributed by atoms with van der Waals surface area (Å²) in [5, 5.41) is 2.80. The van der Waals surface area contributed by atoms with Gasteiger partial charge in [0.2, 0.25) is 0 Å². The van der Waals surface area contributed by atoms with E-state index in [1.54, 1.807) is 0 Å². The molecule has 1 fully saturated rings. The van der Waals surface area contributed by atoms with E-state index in [0.717, 1.165) is 18.9 Å². The predicted molar refractivity (Wildman–Crippen MR) is 65.3 cm³/mol. The van der Waals surface area contributed by atoms with Crippen molar-refractivity contribution >= 4 is 6.09 Å². The fourth-order valence-corrected chi connectivity index (χ4v) is 1.91. The summed E-state index contributed by atoms with van der Waals surface area (Å²) in [4.78, 5) is 11.0. The smallest absolute Gasteiger partial charge is 0.407 e. The molecule has 1 saturated carbocycles. The molecule has 1 N–H and O–H groups in total. The maximum absolute atomic E-state index is 11.0. The molecule has 3 heteroatoms. The van der Waals surface area contributed by atoms with E-state index in [4.69, 9.17) is 4.74 Å². The first-order chi connectivity index (χ1) is 7.77. The van der Waals surface area contributed by atoms with Crippen LogP contribution in [0.3, 0.4) is 0 Å². The van der Waals surface area contributed by atoms with Gasteiger partial charge in [0, 0.05) is 6.54 Å². The molecule has 1 rings (SSSR count). The second kappa shape index (κ2) is 7.31. The number of hydrogen-bond acceptors (Lipinski definition) is 2. The molecule has 1 aliphatic rings. The third-order valence-corrected chi connectivity index (χ3v) is 2.96. The van der Waals surface area contributed by atoms with E-state index < -0.39 is 0 Å². The largest absolute Gasteiger partial charge is 0.450 e. The molecule has 0 aromatic carbocycles. The molecular formula is C13H23NO2. The van der Waals surface area contributed by atoms with Crippen LogP contribution in [0.2, 0.25) is 0 Å². The number of alkyl carbamates (subject to hydrolysis) is 1. The molecule has 0 radical (unpaired) electrons. The quantitative estimate of drug-likeness (QED) is 0.676. The first-order valence-electron chi connectivity index (χ1n) is 6.33. The fraction of sp³-hybridized carbons (Fsp3) is 0.769. The topological polar surface area (TPSA) is 38.3 Å². The SMILES string of the molecule is CCC=CCCC1CC1CNC(=O)OCC. The molecule has 0 aliphatic heterocycles. The number of hydrogen-bond donors (Lipinski definition) is 1. The summed E-state index contributed by atoms with van der Waals surface area (Å²) >= 11 is 0. The normalized spacial score (nSPS) is 23.4. The van der Waals surface area contributed by atoms with Crippen molar-refractivity contribution < 1.29 is 9.53 Å². The van der Waals surface area contributed by atoms with Crippen LogP contribution in [0.5, 0.6) is 0 Å². The second-order valence-corrected chi connectivity index (χ2v) is 4.31. The summed E-state index contributed by atoms with van der Waals surface area (Å²) < 4.78 is 4.81. The van der Waals surface area contributed by atoms with Crippen LogP contribution >= 0.6 is 0 Å². The van der Waals surface area contributed by atoms with Crippen molar-refractivity contribution in [2.75, 3.05) is 13.2 Å². The van der Waals surface area contributed by atoms with E-state index in [9.17, 15) is 4.79 Å². The second-order valence-electron chi connectivity index (χ2n) is 4.31. The molecule has 2 unspecified atom stereocenters. The molecule has 16 heavy (non-hydrogen) atoms. The van der Waals surface area contributed by atoms with Gasteiger partial charge in [0.15, 0.2) is 0 Å². The van der Waals surface area contributed by atoms with Crippen molar-refractivity contribution in [1.29, 1.82) is 0 Å². The highest BCUT2D eigenvalue weighted by Gasteiger charge is 2.35. The zero-order chi connectivity index (χ0) is 11.8. The molecule has 1 amide bonds. The minimum atomic E-state index is -0.279. The number of allylic oxidation sites excluding steroid dienone is 2. The van der Waals surface area contributed by atoms with E-state index in [1.165, 1.54) is 19.3 Å². The van der Waals surface area contributed by atoms with Crippen LogP contribution in [0.15, 0.2) is 12.2 Å². The Bertz CT molecular complexity index is 238. The maximum atomic E-state index is 11.0. The van der Waals surface area contributed by atoms with Crippen molar-refractivity contribution in [2.24, 2.45) is 11.8 Å². The molecule has 92 valence electrons. The van der Waals surface area contributed by atoms with Crippen LogP contribution in [-0.2, 0) is 4.74 Å². The lowest BCUT2D eigenvalue weighted by atomic mass is 10.2. The third kappa shape index (κ3) is 5.19. The van der Waals surface area contributed by atoms with E-state index in [0.29, 0.717) is 12.5 Å². The summed E-state index contributed by atoms with van der Waals surface area (Å²) in [7, 11) is 0. The van der Waals surface area contributed by atoms with Crippen LogP contribution in [0.1, 0.15) is 39.5 Å². The average Bonchev–Trinajstić information content (AvgIpc) is 3.01. The molecule has 0 spiro atoms. The summed E-state index contributed by atoms with van der Waals surface area (Å²) in [6.45, 7) is 5.20. The van der Waals surface area contributed by atoms with Gasteiger partial charge in [-0.3, -0.25) is 0 Å². The predicted octanol–water partition coefficient (Wildman–Crippen LogP) is 3.12. The van der Waals surface area contributed by atoms with Crippen molar-refractivity contribution in [3.63, 3.8) is 0 Å². The highest BCUT2D eigenvalue weighted by atomic mass is 16.5. The Balaban J connectivity index is 1.98. The first kappa shape index (κ1) is 13.1. The van der Waals surface area contributed by atoms with Crippen LogP contribution in [0, 0.1) is 11.8 Å². The van der Waals surface area contributed by atoms with Crippen molar-refractivity contribution in [1.82, 2.24) is 5.32 Å². The minimum absolute atomic E-state index is 0.279. The highest BCUT2D eigenvalue weighted by Crippen LogP contribution is 2.41. The monoisotopic (exact) mass is 225 g/mol.